The van der Waals surface area contributed by atoms with E-state index in [1.165, 1.54) is 27.4 Å². The van der Waals surface area contributed by atoms with E-state index in [0.29, 0.717) is 0 Å². The molecule has 25 heavy (non-hydrogen) atoms. The molecule has 2 N–H and O–H groups in total. The van der Waals surface area contributed by atoms with Crippen molar-refractivity contribution in [2.24, 2.45) is 0 Å². The Balaban J connectivity index is 0.00000182. The van der Waals surface area contributed by atoms with Gasteiger partial charge < -0.3 is 15.0 Å². The molecule has 134 valence electrons. The van der Waals surface area contributed by atoms with Crippen LogP contribution in [0.5, 0.6) is 0 Å². The molecular formula is C20H26ClN3O. The Hall–Kier alpha value is -1.59. The van der Waals surface area contributed by atoms with Crippen molar-refractivity contribution in [1.82, 2.24) is 14.8 Å². The van der Waals surface area contributed by atoms with Crippen LogP contribution in [0.1, 0.15) is 18.5 Å². The Morgan fingerprint density at radius 3 is 2.48 bits per heavy atom. The maximum Gasteiger partial charge on any atom is 0.0628 e. The van der Waals surface area contributed by atoms with Gasteiger partial charge in [-0.15, -0.1) is 12.4 Å². The lowest BCUT2D eigenvalue weighted by Gasteiger charge is -2.34. The summed E-state index contributed by atoms with van der Waals surface area (Å²) in [5, 5.41) is 16.0. The van der Waals surface area contributed by atoms with Crippen molar-refractivity contribution in [1.29, 1.82) is 0 Å². The van der Waals surface area contributed by atoms with Crippen LogP contribution in [0.25, 0.3) is 21.8 Å². The standard InChI is InChI=1S/C20H25N3O.ClH/c1-2-23-18-6-4-3-5-16(18)17-13-15(7-8-19(17)23)20(14-24)22-11-9-21-10-12-22;/h3-8,13,20-21,24H,2,9-12,14H2,1H3;1H/t20-;/m1./s1. The van der Waals surface area contributed by atoms with Crippen LogP contribution >= 0.6 is 12.4 Å². The van der Waals surface area contributed by atoms with E-state index in [1.54, 1.807) is 0 Å². The molecule has 3 aromatic rings. The highest BCUT2D eigenvalue weighted by Crippen LogP contribution is 2.32. The monoisotopic (exact) mass is 359 g/mol. The lowest BCUT2D eigenvalue weighted by atomic mass is 10.0. The molecule has 0 spiro atoms. The molecule has 0 bridgehead atoms. The molecule has 1 aliphatic heterocycles. The second-order valence-electron chi connectivity index (χ2n) is 6.52. The van der Waals surface area contributed by atoms with Gasteiger partial charge in [0.1, 0.15) is 0 Å². The zero-order valence-corrected chi connectivity index (χ0v) is 15.4. The summed E-state index contributed by atoms with van der Waals surface area (Å²) in [6, 6.07) is 15.4. The van der Waals surface area contributed by atoms with Gasteiger partial charge in [0.05, 0.1) is 12.6 Å². The Labute approximate surface area is 154 Å². The van der Waals surface area contributed by atoms with Crippen LogP contribution in [0.4, 0.5) is 0 Å². The molecule has 1 atom stereocenters. The molecule has 0 radical (unpaired) electrons. The summed E-state index contributed by atoms with van der Waals surface area (Å²) in [6.45, 7) is 7.28. The zero-order chi connectivity index (χ0) is 16.5. The molecule has 4 rings (SSSR count). The van der Waals surface area contributed by atoms with E-state index < -0.39 is 0 Å². The number of halogens is 1. The molecular weight excluding hydrogens is 334 g/mol. The van der Waals surface area contributed by atoms with Crippen LogP contribution in [0.3, 0.4) is 0 Å². The highest BCUT2D eigenvalue weighted by atomic mass is 35.5. The second kappa shape index (κ2) is 7.75. The number of hydrogen-bond donors (Lipinski definition) is 2. The molecule has 1 aliphatic rings. The Morgan fingerprint density at radius 2 is 1.76 bits per heavy atom. The van der Waals surface area contributed by atoms with Crippen molar-refractivity contribution in [3.05, 3.63) is 48.0 Å². The van der Waals surface area contributed by atoms with E-state index in [1.807, 2.05) is 0 Å². The zero-order valence-electron chi connectivity index (χ0n) is 14.6. The largest absolute Gasteiger partial charge is 0.394 e. The van der Waals surface area contributed by atoms with E-state index in [-0.39, 0.29) is 25.1 Å². The van der Waals surface area contributed by atoms with Gasteiger partial charge in [-0.2, -0.15) is 0 Å². The topological polar surface area (TPSA) is 40.4 Å². The van der Waals surface area contributed by atoms with Gasteiger partial charge in [-0.1, -0.05) is 24.3 Å². The maximum absolute atomic E-state index is 10.0. The summed E-state index contributed by atoms with van der Waals surface area (Å²) >= 11 is 0. The van der Waals surface area contributed by atoms with Gasteiger partial charge in [-0.3, -0.25) is 4.90 Å². The van der Waals surface area contributed by atoms with Gasteiger partial charge >= 0.3 is 0 Å². The molecule has 0 aliphatic carbocycles. The Kier molecular flexibility index (Phi) is 5.64. The first kappa shape index (κ1) is 18.2. The third kappa shape index (κ3) is 3.15. The molecule has 1 fully saturated rings. The number of aliphatic hydroxyl groups is 1. The number of fused-ring (bicyclic) bond motifs is 3. The predicted octanol–water partition coefficient (Wildman–Crippen LogP) is 3.17. The first-order chi connectivity index (χ1) is 11.8. The molecule has 0 unspecified atom stereocenters. The minimum atomic E-state index is 0. The minimum absolute atomic E-state index is 0. The summed E-state index contributed by atoms with van der Waals surface area (Å²) in [6.07, 6.45) is 0. The number of nitrogens with zero attached hydrogens (tertiary/aromatic N) is 2. The second-order valence-corrected chi connectivity index (χ2v) is 6.52. The first-order valence-corrected chi connectivity index (χ1v) is 8.90. The van der Waals surface area contributed by atoms with Crippen molar-refractivity contribution in [3.63, 3.8) is 0 Å². The van der Waals surface area contributed by atoms with Crippen LogP contribution in [-0.2, 0) is 6.54 Å². The fourth-order valence-corrected chi connectivity index (χ4v) is 4.04. The molecule has 1 saturated heterocycles. The lowest BCUT2D eigenvalue weighted by Crippen LogP contribution is -2.46. The predicted molar refractivity (Wildman–Crippen MR) is 107 cm³/mol. The quantitative estimate of drug-likeness (QED) is 0.751. The van der Waals surface area contributed by atoms with Crippen LogP contribution in [0, 0.1) is 0 Å². The molecule has 5 heteroatoms. The summed E-state index contributed by atoms with van der Waals surface area (Å²) in [5.74, 6) is 0. The number of hydrogen-bond acceptors (Lipinski definition) is 3. The van der Waals surface area contributed by atoms with Crippen LogP contribution < -0.4 is 5.32 Å². The van der Waals surface area contributed by atoms with Crippen molar-refractivity contribution >= 4 is 34.2 Å². The number of nitrogens with one attached hydrogen (secondary N) is 1. The van der Waals surface area contributed by atoms with Gasteiger partial charge in [0.25, 0.3) is 0 Å². The van der Waals surface area contributed by atoms with E-state index >= 15 is 0 Å². The van der Waals surface area contributed by atoms with E-state index in [2.05, 4.69) is 64.2 Å². The molecule has 0 saturated carbocycles. The van der Waals surface area contributed by atoms with Crippen molar-refractivity contribution in [2.45, 2.75) is 19.5 Å². The van der Waals surface area contributed by atoms with E-state index in [9.17, 15) is 5.11 Å². The number of piperazine rings is 1. The molecule has 1 aromatic heterocycles. The van der Waals surface area contributed by atoms with Gasteiger partial charge in [0, 0.05) is 54.5 Å². The third-order valence-electron chi connectivity index (χ3n) is 5.26. The minimum Gasteiger partial charge on any atom is -0.394 e. The number of aryl methyl sites for hydroxylation is 1. The molecule has 2 heterocycles. The van der Waals surface area contributed by atoms with Gasteiger partial charge in [0.2, 0.25) is 0 Å². The van der Waals surface area contributed by atoms with Crippen molar-refractivity contribution in [2.75, 3.05) is 32.8 Å². The summed E-state index contributed by atoms with van der Waals surface area (Å²) in [5.41, 5.74) is 3.78. The smallest absolute Gasteiger partial charge is 0.0628 e. The lowest BCUT2D eigenvalue weighted by molar-refractivity contribution is 0.111. The SMILES string of the molecule is CCn1c2ccccc2c2cc([C@@H](CO)N3CCNCC3)ccc21.Cl. The summed E-state index contributed by atoms with van der Waals surface area (Å²) < 4.78 is 2.37. The van der Waals surface area contributed by atoms with E-state index in [4.69, 9.17) is 0 Å². The fourth-order valence-electron chi connectivity index (χ4n) is 4.04. The first-order valence-electron chi connectivity index (χ1n) is 8.90. The normalized spacial score (nSPS) is 16.9. The average Bonchev–Trinajstić information content (AvgIpc) is 2.96. The van der Waals surface area contributed by atoms with Crippen LogP contribution in [0.15, 0.2) is 42.5 Å². The number of rotatable bonds is 4. The third-order valence-corrected chi connectivity index (χ3v) is 5.26. The number of para-hydroxylation sites is 1. The highest BCUT2D eigenvalue weighted by Gasteiger charge is 2.22. The molecule has 0 amide bonds. The van der Waals surface area contributed by atoms with Crippen molar-refractivity contribution in [3.8, 4) is 0 Å². The summed E-state index contributed by atoms with van der Waals surface area (Å²) in [7, 11) is 0. The Morgan fingerprint density at radius 1 is 1.04 bits per heavy atom. The fraction of sp³-hybridized carbons (Fsp3) is 0.400. The number of benzene rings is 2. The highest BCUT2D eigenvalue weighted by molar-refractivity contribution is 6.08. The number of aliphatic hydroxyl groups excluding tert-OH is 1. The molecule has 2 aromatic carbocycles. The van der Waals surface area contributed by atoms with Crippen LogP contribution in [-0.4, -0.2) is 47.4 Å². The van der Waals surface area contributed by atoms with Crippen molar-refractivity contribution < 1.29 is 5.11 Å². The van der Waals surface area contributed by atoms with Gasteiger partial charge in [-0.25, -0.2) is 0 Å². The molecule has 4 nitrogen and oxygen atoms in total. The summed E-state index contributed by atoms with van der Waals surface area (Å²) in [4.78, 5) is 2.39. The number of aromatic nitrogens is 1. The van der Waals surface area contributed by atoms with E-state index in [0.717, 1.165) is 32.7 Å². The van der Waals surface area contributed by atoms with Gasteiger partial charge in [0.15, 0.2) is 0 Å². The van der Waals surface area contributed by atoms with Gasteiger partial charge in [-0.05, 0) is 30.7 Å². The van der Waals surface area contributed by atoms with Crippen LogP contribution in [0.2, 0.25) is 0 Å². The Bertz CT molecular complexity index is 855. The average molecular weight is 360 g/mol. The maximum atomic E-state index is 10.0.